The minimum Gasteiger partial charge on any atom is -0.312 e. The quantitative estimate of drug-likeness (QED) is 0.788. The van der Waals surface area contributed by atoms with E-state index in [0.717, 1.165) is 17.7 Å². The van der Waals surface area contributed by atoms with Crippen LogP contribution in [-0.4, -0.2) is 33.2 Å². The Morgan fingerprint density at radius 2 is 1.77 bits per heavy atom. The second-order valence-electron chi connectivity index (χ2n) is 6.15. The van der Waals surface area contributed by atoms with Gasteiger partial charge in [-0.05, 0) is 37.1 Å². The Bertz CT molecular complexity index is 936. The first-order valence-electron chi connectivity index (χ1n) is 8.37. The van der Waals surface area contributed by atoms with Crippen LogP contribution in [0.3, 0.4) is 0 Å². The fraction of sp³-hybridized carbons (Fsp3) is 0.263. The first kappa shape index (κ1) is 18.3. The van der Waals surface area contributed by atoms with Crippen molar-refractivity contribution in [2.45, 2.75) is 24.7 Å². The zero-order chi connectivity index (χ0) is 18.7. The summed E-state index contributed by atoms with van der Waals surface area (Å²) in [7, 11) is -3.71. The molecule has 0 saturated heterocycles. The summed E-state index contributed by atoms with van der Waals surface area (Å²) in [5.41, 5.74) is 2.49. The van der Waals surface area contributed by atoms with Crippen LogP contribution in [0.5, 0.6) is 0 Å². The van der Waals surface area contributed by atoms with Crippen LogP contribution in [0.25, 0.3) is 0 Å². The molecule has 1 amide bonds. The summed E-state index contributed by atoms with van der Waals surface area (Å²) in [6.45, 7) is 2.07. The van der Waals surface area contributed by atoms with Crippen molar-refractivity contribution in [1.29, 1.82) is 0 Å². The highest BCUT2D eigenvalue weighted by molar-refractivity contribution is 7.89. The van der Waals surface area contributed by atoms with E-state index in [9.17, 15) is 18.0 Å². The Labute approximate surface area is 152 Å². The predicted octanol–water partition coefficient (Wildman–Crippen LogP) is 2.15. The lowest BCUT2D eigenvalue weighted by molar-refractivity contribution is -0.118. The number of fused-ring (bicyclic) bond motifs is 1. The summed E-state index contributed by atoms with van der Waals surface area (Å²) >= 11 is 0. The van der Waals surface area contributed by atoms with Crippen molar-refractivity contribution >= 4 is 27.4 Å². The van der Waals surface area contributed by atoms with E-state index in [2.05, 4.69) is 4.72 Å². The van der Waals surface area contributed by atoms with Gasteiger partial charge < -0.3 is 4.90 Å². The van der Waals surface area contributed by atoms with Gasteiger partial charge in [-0.2, -0.15) is 0 Å². The van der Waals surface area contributed by atoms with E-state index in [4.69, 9.17) is 0 Å². The van der Waals surface area contributed by atoms with E-state index < -0.39 is 10.0 Å². The zero-order valence-electron chi connectivity index (χ0n) is 14.4. The van der Waals surface area contributed by atoms with Crippen molar-refractivity contribution in [2.75, 3.05) is 18.0 Å². The molecule has 26 heavy (non-hydrogen) atoms. The molecule has 0 fully saturated rings. The van der Waals surface area contributed by atoms with Gasteiger partial charge in [0.05, 0.1) is 4.90 Å². The molecule has 0 spiro atoms. The van der Waals surface area contributed by atoms with Gasteiger partial charge in [0.15, 0.2) is 5.78 Å². The van der Waals surface area contributed by atoms with Crippen LogP contribution in [-0.2, 0) is 21.2 Å². The Kier molecular flexibility index (Phi) is 5.20. The second-order valence-corrected chi connectivity index (χ2v) is 7.92. The van der Waals surface area contributed by atoms with Crippen LogP contribution in [0.1, 0.15) is 29.3 Å². The molecule has 6 nitrogen and oxygen atoms in total. The van der Waals surface area contributed by atoms with Gasteiger partial charge in [0, 0.05) is 30.8 Å². The first-order valence-corrected chi connectivity index (χ1v) is 9.86. The third-order valence-electron chi connectivity index (χ3n) is 4.39. The van der Waals surface area contributed by atoms with Crippen LogP contribution in [0.2, 0.25) is 0 Å². The summed E-state index contributed by atoms with van der Waals surface area (Å²) in [5, 5.41) is 0. The smallest absolute Gasteiger partial charge is 0.240 e. The second kappa shape index (κ2) is 7.39. The molecule has 0 aromatic heterocycles. The van der Waals surface area contributed by atoms with Crippen LogP contribution in [0.15, 0.2) is 53.4 Å². The van der Waals surface area contributed by atoms with Crippen molar-refractivity contribution in [2.24, 2.45) is 0 Å². The van der Waals surface area contributed by atoms with Crippen molar-refractivity contribution in [1.82, 2.24) is 4.72 Å². The Morgan fingerprint density at radius 3 is 2.46 bits per heavy atom. The molecule has 2 aromatic carbocycles. The number of Topliss-reactive ketones (excluding diaryl/α,β-unsaturated/α-hetero) is 1. The Morgan fingerprint density at radius 1 is 1.08 bits per heavy atom. The molecule has 3 rings (SSSR count). The van der Waals surface area contributed by atoms with E-state index in [1.807, 2.05) is 24.3 Å². The fourth-order valence-electron chi connectivity index (χ4n) is 2.98. The molecule has 0 bridgehead atoms. The number of amides is 1. The molecule has 0 saturated carbocycles. The van der Waals surface area contributed by atoms with Gasteiger partial charge in [0.1, 0.15) is 0 Å². The van der Waals surface area contributed by atoms with E-state index in [0.29, 0.717) is 12.1 Å². The van der Waals surface area contributed by atoms with Crippen LogP contribution in [0, 0.1) is 0 Å². The lowest BCUT2D eigenvalue weighted by Gasteiger charge is -2.17. The lowest BCUT2D eigenvalue weighted by atomic mass is 10.2. The Balaban J connectivity index is 1.59. The fourth-order valence-corrected chi connectivity index (χ4v) is 4.01. The molecule has 0 unspecified atom stereocenters. The maximum Gasteiger partial charge on any atom is 0.240 e. The minimum absolute atomic E-state index is 0.0221. The first-order chi connectivity index (χ1) is 12.4. The van der Waals surface area contributed by atoms with E-state index in [-0.39, 0.29) is 29.6 Å². The number of ketones is 1. The molecule has 1 aliphatic heterocycles. The van der Waals surface area contributed by atoms with Crippen molar-refractivity contribution in [3.05, 3.63) is 59.7 Å². The van der Waals surface area contributed by atoms with Crippen molar-refractivity contribution in [3.63, 3.8) is 0 Å². The highest BCUT2D eigenvalue weighted by Gasteiger charge is 2.24. The SMILES string of the molecule is CC(=O)c1ccc(S(=O)(=O)NCCC(=O)N2CCc3ccccc32)cc1. The molecule has 1 heterocycles. The number of rotatable bonds is 6. The number of hydrogen-bond donors (Lipinski definition) is 1. The van der Waals surface area contributed by atoms with Crippen LogP contribution >= 0.6 is 0 Å². The Hall–Kier alpha value is -2.51. The van der Waals surface area contributed by atoms with Gasteiger partial charge in [0.2, 0.25) is 15.9 Å². The monoisotopic (exact) mass is 372 g/mol. The number of sulfonamides is 1. The number of carbonyl (C=O) groups is 2. The highest BCUT2D eigenvalue weighted by atomic mass is 32.2. The molecular formula is C19H20N2O4S. The molecule has 136 valence electrons. The topological polar surface area (TPSA) is 83.5 Å². The zero-order valence-corrected chi connectivity index (χ0v) is 15.3. The standard InChI is InChI=1S/C19H20N2O4S/c1-14(22)15-6-8-17(9-7-15)26(24,25)20-12-10-19(23)21-13-11-16-4-2-3-5-18(16)21/h2-9,20H,10-13H2,1H3. The number of hydrogen-bond acceptors (Lipinski definition) is 4. The summed E-state index contributed by atoms with van der Waals surface area (Å²) < 4.78 is 27.0. The van der Waals surface area contributed by atoms with Gasteiger partial charge in [-0.1, -0.05) is 30.3 Å². The van der Waals surface area contributed by atoms with Crippen molar-refractivity contribution in [3.8, 4) is 0 Å². The lowest BCUT2D eigenvalue weighted by Crippen LogP contribution is -2.33. The van der Waals surface area contributed by atoms with Gasteiger partial charge in [-0.25, -0.2) is 13.1 Å². The minimum atomic E-state index is -3.71. The average Bonchev–Trinajstić information content (AvgIpc) is 3.05. The molecule has 7 heteroatoms. The summed E-state index contributed by atoms with van der Waals surface area (Å²) in [5.74, 6) is -0.233. The molecule has 2 aromatic rings. The van der Waals surface area contributed by atoms with Crippen molar-refractivity contribution < 1.29 is 18.0 Å². The van der Waals surface area contributed by atoms with E-state index >= 15 is 0 Å². The van der Waals surface area contributed by atoms with Gasteiger partial charge >= 0.3 is 0 Å². The number of benzene rings is 2. The maximum atomic E-state index is 12.4. The number of anilines is 1. The number of para-hydroxylation sites is 1. The summed E-state index contributed by atoms with van der Waals surface area (Å²) in [6, 6.07) is 13.5. The van der Waals surface area contributed by atoms with Gasteiger partial charge in [-0.15, -0.1) is 0 Å². The van der Waals surface area contributed by atoms with E-state index in [1.54, 1.807) is 4.90 Å². The number of nitrogens with one attached hydrogen (secondary N) is 1. The summed E-state index contributed by atoms with van der Waals surface area (Å²) in [4.78, 5) is 25.4. The maximum absolute atomic E-state index is 12.4. The third-order valence-corrected chi connectivity index (χ3v) is 5.87. The van der Waals surface area contributed by atoms with Gasteiger partial charge in [0.25, 0.3) is 0 Å². The molecule has 1 N–H and O–H groups in total. The highest BCUT2D eigenvalue weighted by Crippen LogP contribution is 2.27. The van der Waals surface area contributed by atoms with E-state index in [1.165, 1.54) is 31.2 Å². The third kappa shape index (κ3) is 3.84. The number of nitrogens with zero attached hydrogens (tertiary/aromatic N) is 1. The normalized spacial score (nSPS) is 13.5. The summed E-state index contributed by atoms with van der Waals surface area (Å²) in [6.07, 6.45) is 0.898. The molecule has 0 radical (unpaired) electrons. The predicted molar refractivity (Wildman–Crippen MR) is 98.8 cm³/mol. The molecule has 0 aliphatic carbocycles. The van der Waals surface area contributed by atoms with Crippen LogP contribution in [0.4, 0.5) is 5.69 Å². The molecular weight excluding hydrogens is 352 g/mol. The van der Waals surface area contributed by atoms with Crippen LogP contribution < -0.4 is 9.62 Å². The molecule has 0 atom stereocenters. The number of carbonyl (C=O) groups excluding carboxylic acids is 2. The molecule has 1 aliphatic rings. The van der Waals surface area contributed by atoms with Gasteiger partial charge in [-0.3, -0.25) is 9.59 Å². The largest absolute Gasteiger partial charge is 0.312 e. The average molecular weight is 372 g/mol.